The van der Waals surface area contributed by atoms with Gasteiger partial charge < -0.3 is 0 Å². The molecule has 0 saturated carbocycles. The average Bonchev–Trinajstić information content (AvgIpc) is 3.29. The quantitative estimate of drug-likeness (QED) is 0.458. The Morgan fingerprint density at radius 3 is 1.73 bits per heavy atom. The molecular weight excluding hydrogens is 356 g/mol. The predicted octanol–water partition coefficient (Wildman–Crippen LogP) is 4.66. The number of hydrogen-bond acceptors (Lipinski definition) is 9. The first-order valence-corrected chi connectivity index (χ1v) is 9.33. The van der Waals surface area contributed by atoms with Crippen molar-refractivity contribution in [2.75, 3.05) is 0 Å². The Bertz CT molecular complexity index is 977. The highest BCUT2D eigenvalue weighted by Crippen LogP contribution is 2.52. The molecule has 0 atom stereocenters. The van der Waals surface area contributed by atoms with Crippen LogP contribution in [-0.4, -0.2) is 18.7 Å². The van der Waals surface area contributed by atoms with Gasteiger partial charge >= 0.3 is 0 Å². The van der Waals surface area contributed by atoms with E-state index in [4.69, 9.17) is 0 Å². The van der Waals surface area contributed by atoms with Crippen LogP contribution in [0.15, 0.2) is 32.1 Å². The molecule has 5 rings (SSSR count). The molecule has 3 aromatic heterocycles. The van der Waals surface area contributed by atoms with Crippen molar-refractivity contribution in [1.29, 1.82) is 0 Å². The average molecular weight is 360 g/mol. The number of nitrogens with zero attached hydrogens (tertiary/aromatic N) is 6. The molecule has 10 heteroatoms. The van der Waals surface area contributed by atoms with Gasteiger partial charge in [0.25, 0.3) is 0 Å². The van der Waals surface area contributed by atoms with E-state index in [0.717, 1.165) is 43.3 Å². The highest BCUT2D eigenvalue weighted by molar-refractivity contribution is 7.58. The molecule has 0 unspecified atom stereocenters. The van der Waals surface area contributed by atoms with Gasteiger partial charge in [-0.2, -0.15) is 17.5 Å². The SMILES string of the molecule is c1ncc(-c2c3c(c(-c4cncs4)c4nsnc24)N=S=N3)s1. The molecule has 0 radical (unpaired) electrons. The fourth-order valence-corrected chi connectivity index (χ4v) is 4.86. The van der Waals surface area contributed by atoms with Crippen LogP contribution in [0.2, 0.25) is 0 Å². The van der Waals surface area contributed by atoms with Crippen molar-refractivity contribution >= 4 is 68.2 Å². The maximum atomic E-state index is 4.51. The number of rotatable bonds is 2. The van der Waals surface area contributed by atoms with Crippen LogP contribution in [0.1, 0.15) is 0 Å². The molecule has 106 valence electrons. The number of thiazole rings is 2. The molecule has 4 heterocycles. The summed E-state index contributed by atoms with van der Waals surface area (Å²) in [5.74, 6) is 0. The van der Waals surface area contributed by atoms with Crippen LogP contribution in [0.25, 0.3) is 31.9 Å². The van der Waals surface area contributed by atoms with E-state index in [1.54, 1.807) is 22.7 Å². The zero-order valence-electron chi connectivity index (χ0n) is 10.6. The van der Waals surface area contributed by atoms with E-state index < -0.39 is 0 Å². The summed E-state index contributed by atoms with van der Waals surface area (Å²) in [5, 5.41) is 0. The van der Waals surface area contributed by atoms with E-state index in [9.17, 15) is 0 Å². The molecule has 4 aromatic rings. The highest BCUT2D eigenvalue weighted by Gasteiger charge is 2.27. The van der Waals surface area contributed by atoms with E-state index in [-0.39, 0.29) is 0 Å². The van der Waals surface area contributed by atoms with E-state index in [2.05, 4.69) is 27.4 Å². The Morgan fingerprint density at radius 1 is 0.727 bits per heavy atom. The lowest BCUT2D eigenvalue weighted by Crippen LogP contribution is -1.85. The van der Waals surface area contributed by atoms with Crippen LogP contribution >= 0.6 is 34.4 Å². The first-order chi connectivity index (χ1) is 10.9. The number of hydrogen-bond donors (Lipinski definition) is 0. The predicted molar refractivity (Wildman–Crippen MR) is 91.2 cm³/mol. The summed E-state index contributed by atoms with van der Waals surface area (Å²) >= 11 is 5.55. The summed E-state index contributed by atoms with van der Waals surface area (Å²) < 4.78 is 18.0. The molecule has 1 aromatic carbocycles. The maximum Gasteiger partial charge on any atom is 0.116 e. The second-order valence-electron chi connectivity index (χ2n) is 4.40. The van der Waals surface area contributed by atoms with Crippen LogP contribution in [0, 0.1) is 0 Å². The molecule has 1 aliphatic rings. The molecule has 0 bridgehead atoms. The third kappa shape index (κ3) is 1.69. The smallest absolute Gasteiger partial charge is 0.116 e. The summed E-state index contributed by atoms with van der Waals surface area (Å²) in [5.41, 5.74) is 9.01. The lowest BCUT2D eigenvalue weighted by atomic mass is 10.0. The van der Waals surface area contributed by atoms with Crippen LogP contribution < -0.4 is 0 Å². The first kappa shape index (κ1) is 12.6. The molecule has 6 nitrogen and oxygen atoms in total. The summed E-state index contributed by atoms with van der Waals surface area (Å²) in [6.45, 7) is 0. The Balaban J connectivity index is 1.97. The third-order valence-corrected chi connectivity index (χ3v) is 5.92. The van der Waals surface area contributed by atoms with Gasteiger partial charge in [-0.3, -0.25) is 9.97 Å². The van der Waals surface area contributed by atoms with Gasteiger partial charge in [-0.25, -0.2) is 0 Å². The van der Waals surface area contributed by atoms with Crippen molar-refractivity contribution in [3.05, 3.63) is 23.4 Å². The largest absolute Gasteiger partial charge is 0.252 e. The second kappa shape index (κ2) is 4.81. The van der Waals surface area contributed by atoms with Gasteiger partial charge in [-0.15, -0.1) is 22.7 Å². The van der Waals surface area contributed by atoms with Crippen molar-refractivity contribution in [2.45, 2.75) is 0 Å². The van der Waals surface area contributed by atoms with Gasteiger partial charge in [0.15, 0.2) is 0 Å². The molecule has 22 heavy (non-hydrogen) atoms. The highest BCUT2D eigenvalue weighted by atomic mass is 32.1. The standard InChI is InChI=1S/C12H4N6S4/c1-5(19-3-13-1)7-9-11(17-21-15-9)8(6-2-14-4-20-6)12-10(7)16-22-18-12/h1-4H. The van der Waals surface area contributed by atoms with E-state index >= 15 is 0 Å². The molecule has 0 spiro atoms. The van der Waals surface area contributed by atoms with Gasteiger partial charge in [0.05, 0.1) is 55.0 Å². The molecule has 0 N–H and O–H groups in total. The van der Waals surface area contributed by atoms with Crippen molar-refractivity contribution in [2.24, 2.45) is 8.73 Å². The topological polar surface area (TPSA) is 76.3 Å². The Labute approximate surface area is 139 Å². The van der Waals surface area contributed by atoms with Gasteiger partial charge in [-0.1, -0.05) is 0 Å². The summed E-state index contributed by atoms with van der Waals surface area (Å²) in [6, 6.07) is 0. The second-order valence-corrected chi connectivity index (χ2v) is 7.23. The van der Waals surface area contributed by atoms with Crippen LogP contribution in [0.5, 0.6) is 0 Å². The minimum absolute atomic E-state index is 0.859. The van der Waals surface area contributed by atoms with Crippen molar-refractivity contribution < 1.29 is 0 Å². The fourth-order valence-electron chi connectivity index (χ4n) is 2.40. The number of fused-ring (bicyclic) bond motifs is 2. The van der Waals surface area contributed by atoms with Gasteiger partial charge in [0, 0.05) is 12.4 Å². The zero-order chi connectivity index (χ0) is 14.5. The molecule has 1 aliphatic heterocycles. The summed E-state index contributed by atoms with van der Waals surface area (Å²) in [6.07, 6.45) is 3.67. The van der Waals surface area contributed by atoms with Crippen LogP contribution in [0.4, 0.5) is 11.4 Å². The number of aromatic nitrogens is 4. The maximum absolute atomic E-state index is 4.51. The summed E-state index contributed by atoms with van der Waals surface area (Å²) in [7, 11) is 0. The Hall–Kier alpha value is -1.88. The molecular formula is C12H4N6S4. The molecule has 0 saturated heterocycles. The lowest BCUT2D eigenvalue weighted by Gasteiger charge is -2.08. The number of benzene rings is 1. The normalized spacial score (nSPS) is 12.7. The Morgan fingerprint density at radius 2 is 1.27 bits per heavy atom. The van der Waals surface area contributed by atoms with Crippen LogP contribution in [0.3, 0.4) is 0 Å². The van der Waals surface area contributed by atoms with Gasteiger partial charge in [0.1, 0.15) is 22.4 Å². The minimum Gasteiger partial charge on any atom is -0.252 e. The first-order valence-electron chi connectivity index (χ1n) is 6.11. The fraction of sp³-hybridized carbons (Fsp3) is 0. The molecule has 0 amide bonds. The Kier molecular flexibility index (Phi) is 2.77. The van der Waals surface area contributed by atoms with Crippen molar-refractivity contribution in [3.63, 3.8) is 0 Å². The molecule has 0 fully saturated rings. The molecule has 0 aliphatic carbocycles. The van der Waals surface area contributed by atoms with Gasteiger partial charge in [-0.05, 0) is 0 Å². The van der Waals surface area contributed by atoms with Crippen molar-refractivity contribution in [3.8, 4) is 20.9 Å². The van der Waals surface area contributed by atoms with Crippen LogP contribution in [-0.2, 0) is 11.4 Å². The lowest BCUT2D eigenvalue weighted by molar-refractivity contribution is 1.42. The third-order valence-electron chi connectivity index (χ3n) is 3.28. The van der Waals surface area contributed by atoms with E-state index in [0.29, 0.717) is 0 Å². The van der Waals surface area contributed by atoms with Gasteiger partial charge in [0.2, 0.25) is 0 Å². The van der Waals surface area contributed by atoms with E-state index in [1.165, 1.54) is 23.1 Å². The summed E-state index contributed by atoms with van der Waals surface area (Å²) in [4.78, 5) is 10.4. The van der Waals surface area contributed by atoms with E-state index in [1.807, 2.05) is 23.4 Å². The zero-order valence-corrected chi connectivity index (χ0v) is 13.9. The monoisotopic (exact) mass is 360 g/mol. The minimum atomic E-state index is 0.859. The van der Waals surface area contributed by atoms with Crippen molar-refractivity contribution in [1.82, 2.24) is 18.7 Å².